The van der Waals surface area contributed by atoms with Crippen LogP contribution in [0.3, 0.4) is 0 Å². The SMILES string of the molecule is COC(=O)C1CCN(CC(=O)c2cc(C)n(CC(F)(F)F)c2C)CC1. The van der Waals surface area contributed by atoms with E-state index in [1.165, 1.54) is 20.1 Å². The van der Waals surface area contributed by atoms with Crippen LogP contribution >= 0.6 is 0 Å². The van der Waals surface area contributed by atoms with Crippen LogP contribution in [0, 0.1) is 19.8 Å². The zero-order valence-corrected chi connectivity index (χ0v) is 14.7. The van der Waals surface area contributed by atoms with Gasteiger partial charge in [0, 0.05) is 17.0 Å². The zero-order valence-electron chi connectivity index (χ0n) is 14.7. The molecule has 0 amide bonds. The van der Waals surface area contributed by atoms with E-state index in [-0.39, 0.29) is 24.2 Å². The molecule has 0 unspecified atom stereocenters. The van der Waals surface area contributed by atoms with E-state index in [1.54, 1.807) is 6.92 Å². The molecule has 2 rings (SSSR count). The number of halogens is 3. The number of rotatable bonds is 5. The molecular formula is C17H23F3N2O3. The topological polar surface area (TPSA) is 51.5 Å². The summed E-state index contributed by atoms with van der Waals surface area (Å²) in [6.45, 7) is 3.33. The third-order valence-electron chi connectivity index (χ3n) is 4.70. The first-order valence-corrected chi connectivity index (χ1v) is 8.19. The minimum atomic E-state index is -4.33. The lowest BCUT2D eigenvalue weighted by atomic mass is 9.96. The van der Waals surface area contributed by atoms with Gasteiger partial charge in [-0.25, -0.2) is 0 Å². The van der Waals surface area contributed by atoms with Crippen LogP contribution in [0.4, 0.5) is 13.2 Å². The number of likely N-dealkylation sites (tertiary alicyclic amines) is 1. The van der Waals surface area contributed by atoms with Gasteiger partial charge in [0.2, 0.25) is 0 Å². The standard InChI is InChI=1S/C17H23F3N2O3/c1-11-8-14(12(2)22(11)10-17(18,19)20)15(23)9-21-6-4-13(5-7-21)16(24)25-3/h8,13H,4-7,9-10H2,1-3H3. The molecule has 1 saturated heterocycles. The van der Waals surface area contributed by atoms with Gasteiger partial charge in [0.05, 0.1) is 19.6 Å². The minimum Gasteiger partial charge on any atom is -0.469 e. The predicted molar refractivity (Wildman–Crippen MR) is 85.5 cm³/mol. The summed E-state index contributed by atoms with van der Waals surface area (Å²) in [4.78, 5) is 26.0. The van der Waals surface area contributed by atoms with Crippen LogP contribution in [0.2, 0.25) is 0 Å². The van der Waals surface area contributed by atoms with E-state index in [2.05, 4.69) is 0 Å². The third-order valence-corrected chi connectivity index (χ3v) is 4.70. The summed E-state index contributed by atoms with van der Waals surface area (Å²) in [5, 5.41) is 0. The maximum atomic E-state index is 12.7. The van der Waals surface area contributed by atoms with Crippen molar-refractivity contribution >= 4 is 11.8 Å². The van der Waals surface area contributed by atoms with E-state index in [1.807, 2.05) is 4.90 Å². The molecule has 8 heteroatoms. The molecule has 0 aliphatic carbocycles. The van der Waals surface area contributed by atoms with Crippen LogP contribution in [-0.4, -0.2) is 54.1 Å². The van der Waals surface area contributed by atoms with Gasteiger partial charge < -0.3 is 9.30 Å². The van der Waals surface area contributed by atoms with Gasteiger partial charge in [-0.2, -0.15) is 13.2 Å². The highest BCUT2D eigenvalue weighted by atomic mass is 19.4. The van der Waals surface area contributed by atoms with Gasteiger partial charge in [-0.05, 0) is 45.8 Å². The Kier molecular flexibility index (Phi) is 5.92. The van der Waals surface area contributed by atoms with Crippen molar-refractivity contribution < 1.29 is 27.5 Å². The Bertz CT molecular complexity index is 644. The van der Waals surface area contributed by atoms with Gasteiger partial charge in [0.1, 0.15) is 6.54 Å². The Balaban J connectivity index is 2.00. The summed E-state index contributed by atoms with van der Waals surface area (Å²) in [5.74, 6) is -0.576. The third kappa shape index (κ3) is 4.84. The minimum absolute atomic E-state index is 0.143. The summed E-state index contributed by atoms with van der Waals surface area (Å²) < 4.78 is 43.8. The van der Waals surface area contributed by atoms with E-state index >= 15 is 0 Å². The van der Waals surface area contributed by atoms with Crippen LogP contribution in [0.15, 0.2) is 6.07 Å². The van der Waals surface area contributed by atoms with Crippen molar-refractivity contribution in [3.05, 3.63) is 23.0 Å². The number of carbonyl (C=O) groups is 2. The van der Waals surface area contributed by atoms with Crippen molar-refractivity contribution in [3.63, 3.8) is 0 Å². The van der Waals surface area contributed by atoms with Crippen molar-refractivity contribution in [2.45, 2.75) is 39.4 Å². The molecular weight excluding hydrogens is 337 g/mol. The molecule has 1 aromatic rings. The predicted octanol–water partition coefficient (Wildman–Crippen LogP) is 2.73. The number of ether oxygens (including phenoxy) is 1. The van der Waals surface area contributed by atoms with Crippen LogP contribution in [0.25, 0.3) is 0 Å². The first-order chi connectivity index (χ1) is 11.6. The van der Waals surface area contributed by atoms with Crippen LogP contribution in [0.1, 0.15) is 34.6 Å². The molecule has 1 aliphatic rings. The molecule has 140 valence electrons. The first kappa shape index (κ1) is 19.5. The van der Waals surface area contributed by atoms with Crippen molar-refractivity contribution in [2.24, 2.45) is 5.92 Å². The summed E-state index contributed by atoms with van der Waals surface area (Å²) in [5.41, 5.74) is 1.09. The first-order valence-electron chi connectivity index (χ1n) is 8.19. The van der Waals surface area contributed by atoms with Crippen LogP contribution in [0.5, 0.6) is 0 Å². The highest BCUT2D eigenvalue weighted by Crippen LogP contribution is 2.24. The zero-order chi connectivity index (χ0) is 18.8. The van der Waals surface area contributed by atoms with Crippen LogP contribution < -0.4 is 0 Å². The fourth-order valence-corrected chi connectivity index (χ4v) is 3.29. The molecule has 0 saturated carbocycles. The monoisotopic (exact) mass is 360 g/mol. The molecule has 25 heavy (non-hydrogen) atoms. The molecule has 0 N–H and O–H groups in total. The van der Waals surface area contributed by atoms with Gasteiger partial charge in [-0.1, -0.05) is 0 Å². The van der Waals surface area contributed by atoms with E-state index < -0.39 is 12.7 Å². The highest BCUT2D eigenvalue weighted by Gasteiger charge is 2.31. The quantitative estimate of drug-likeness (QED) is 0.599. The average molecular weight is 360 g/mol. The van der Waals surface area contributed by atoms with E-state index in [0.717, 1.165) is 4.57 Å². The summed E-state index contributed by atoms with van der Waals surface area (Å²) >= 11 is 0. The summed E-state index contributed by atoms with van der Waals surface area (Å²) in [7, 11) is 1.36. The van der Waals surface area contributed by atoms with Gasteiger partial charge in [-0.3, -0.25) is 14.5 Å². The van der Waals surface area contributed by atoms with E-state index in [9.17, 15) is 22.8 Å². The number of hydrogen-bond donors (Lipinski definition) is 0. The maximum absolute atomic E-state index is 12.7. The highest BCUT2D eigenvalue weighted by molar-refractivity contribution is 5.99. The number of aromatic nitrogens is 1. The number of carbonyl (C=O) groups excluding carboxylic acids is 2. The van der Waals surface area contributed by atoms with Gasteiger partial charge in [0.25, 0.3) is 0 Å². The fourth-order valence-electron chi connectivity index (χ4n) is 3.29. The molecule has 0 spiro atoms. The number of esters is 1. The molecule has 0 bridgehead atoms. The molecule has 0 radical (unpaired) electrons. The van der Waals surface area contributed by atoms with Crippen molar-refractivity contribution in [2.75, 3.05) is 26.7 Å². The molecule has 0 aromatic carbocycles. The van der Waals surface area contributed by atoms with E-state index in [0.29, 0.717) is 42.9 Å². The lowest BCUT2D eigenvalue weighted by Crippen LogP contribution is -2.39. The van der Waals surface area contributed by atoms with Gasteiger partial charge in [0.15, 0.2) is 5.78 Å². The number of piperidine rings is 1. The number of hydrogen-bond acceptors (Lipinski definition) is 4. The number of methoxy groups -OCH3 is 1. The van der Waals surface area contributed by atoms with E-state index in [4.69, 9.17) is 4.74 Å². The smallest absolute Gasteiger partial charge is 0.406 e. The normalized spacial score (nSPS) is 16.9. The number of aryl methyl sites for hydroxylation is 1. The second kappa shape index (κ2) is 7.59. The molecule has 1 aromatic heterocycles. The Morgan fingerprint density at radius 1 is 1.24 bits per heavy atom. The number of Topliss-reactive ketones (excluding diaryl/α,β-unsaturated/α-hetero) is 1. The lowest BCUT2D eigenvalue weighted by Gasteiger charge is -2.29. The molecule has 5 nitrogen and oxygen atoms in total. The second-order valence-corrected chi connectivity index (χ2v) is 6.48. The largest absolute Gasteiger partial charge is 0.469 e. The number of nitrogens with zero attached hydrogens (tertiary/aromatic N) is 2. The Hall–Kier alpha value is -1.83. The fraction of sp³-hybridized carbons (Fsp3) is 0.647. The van der Waals surface area contributed by atoms with Crippen LogP contribution in [-0.2, 0) is 16.1 Å². The Morgan fingerprint density at radius 2 is 1.84 bits per heavy atom. The number of alkyl halides is 3. The second-order valence-electron chi connectivity index (χ2n) is 6.48. The number of ketones is 1. The van der Waals surface area contributed by atoms with Crippen molar-refractivity contribution in [1.29, 1.82) is 0 Å². The summed E-state index contributed by atoms with van der Waals surface area (Å²) in [6, 6.07) is 1.52. The van der Waals surface area contributed by atoms with Crippen molar-refractivity contribution in [1.82, 2.24) is 9.47 Å². The molecule has 1 fully saturated rings. The Morgan fingerprint density at radius 3 is 2.36 bits per heavy atom. The molecule has 1 aliphatic heterocycles. The lowest BCUT2D eigenvalue weighted by molar-refractivity contribution is -0.147. The van der Waals surface area contributed by atoms with Gasteiger partial charge in [-0.15, -0.1) is 0 Å². The Labute approximate surface area is 144 Å². The maximum Gasteiger partial charge on any atom is 0.406 e. The average Bonchev–Trinajstić information content (AvgIpc) is 2.81. The van der Waals surface area contributed by atoms with Crippen molar-refractivity contribution in [3.8, 4) is 0 Å². The summed E-state index contributed by atoms with van der Waals surface area (Å²) in [6.07, 6.45) is -3.09. The van der Waals surface area contributed by atoms with Gasteiger partial charge >= 0.3 is 12.1 Å². The molecule has 2 heterocycles. The molecule has 0 atom stereocenters.